The molecule has 1 heterocycles. The van der Waals surface area contributed by atoms with Gasteiger partial charge in [0.05, 0.1) is 29.3 Å². The summed E-state index contributed by atoms with van der Waals surface area (Å²) in [5.41, 5.74) is 2.31. The molecule has 3 aromatic rings. The summed E-state index contributed by atoms with van der Waals surface area (Å²) in [4.78, 5) is 12.0. The number of thioether (sulfide) groups is 1. The van der Waals surface area contributed by atoms with Gasteiger partial charge in [0.2, 0.25) is 5.91 Å². The van der Waals surface area contributed by atoms with Crippen LogP contribution < -0.4 is 10.1 Å². The number of amides is 1. The fraction of sp³-hybridized carbons (Fsp3) is 0.105. The summed E-state index contributed by atoms with van der Waals surface area (Å²) in [6.07, 6.45) is 0. The van der Waals surface area contributed by atoms with Crippen LogP contribution in [0.25, 0.3) is 11.3 Å². The molecule has 1 N–H and O–H groups in total. The largest absolute Gasteiger partial charge is 0.497 e. The number of rotatable bonds is 6. The summed E-state index contributed by atoms with van der Waals surface area (Å²) >= 11 is 7.34. The van der Waals surface area contributed by atoms with Crippen LogP contribution in [0.15, 0.2) is 65.7 Å². The lowest BCUT2D eigenvalue weighted by molar-refractivity contribution is -0.113. The van der Waals surface area contributed by atoms with Crippen LogP contribution in [-0.2, 0) is 4.79 Å². The Morgan fingerprint density at radius 3 is 2.50 bits per heavy atom. The molecule has 1 aromatic heterocycles. The number of hydrogen-bond donors (Lipinski definition) is 1. The molecule has 132 valence electrons. The predicted octanol–water partition coefficient (Wildman–Crippen LogP) is 4.54. The summed E-state index contributed by atoms with van der Waals surface area (Å²) in [5.74, 6) is 0.865. The van der Waals surface area contributed by atoms with Crippen LogP contribution in [-0.4, -0.2) is 29.0 Å². The lowest BCUT2D eigenvalue weighted by atomic mass is 10.1. The number of para-hydroxylation sites is 1. The van der Waals surface area contributed by atoms with Crippen LogP contribution in [0.2, 0.25) is 5.02 Å². The van der Waals surface area contributed by atoms with Gasteiger partial charge in [-0.05, 0) is 48.5 Å². The maximum absolute atomic E-state index is 12.0. The van der Waals surface area contributed by atoms with E-state index < -0.39 is 0 Å². The summed E-state index contributed by atoms with van der Waals surface area (Å²) in [7, 11) is 1.63. The van der Waals surface area contributed by atoms with Crippen molar-refractivity contribution in [2.75, 3.05) is 18.2 Å². The molecule has 5 nitrogen and oxygen atoms in total. The molecular formula is C19H16ClN3O2S. The van der Waals surface area contributed by atoms with Crippen molar-refractivity contribution >= 4 is 35.0 Å². The molecule has 0 aliphatic carbocycles. The third kappa shape index (κ3) is 4.74. The Morgan fingerprint density at radius 1 is 1.08 bits per heavy atom. The van der Waals surface area contributed by atoms with Crippen molar-refractivity contribution in [1.29, 1.82) is 0 Å². The molecule has 0 atom stereocenters. The highest BCUT2D eigenvalue weighted by Crippen LogP contribution is 2.23. The highest BCUT2D eigenvalue weighted by molar-refractivity contribution is 7.99. The molecule has 26 heavy (non-hydrogen) atoms. The van der Waals surface area contributed by atoms with Crippen molar-refractivity contribution in [3.8, 4) is 17.0 Å². The first-order chi connectivity index (χ1) is 12.7. The van der Waals surface area contributed by atoms with Crippen LogP contribution in [0, 0.1) is 0 Å². The number of carbonyl (C=O) groups is 1. The first-order valence-corrected chi connectivity index (χ1v) is 9.17. The van der Waals surface area contributed by atoms with Gasteiger partial charge in [-0.3, -0.25) is 4.79 Å². The summed E-state index contributed by atoms with van der Waals surface area (Å²) in [6.45, 7) is 0. The van der Waals surface area contributed by atoms with Crippen molar-refractivity contribution in [2.45, 2.75) is 5.03 Å². The molecule has 0 unspecified atom stereocenters. The monoisotopic (exact) mass is 385 g/mol. The summed E-state index contributed by atoms with van der Waals surface area (Å²) < 4.78 is 5.14. The first kappa shape index (κ1) is 18.2. The van der Waals surface area contributed by atoms with Gasteiger partial charge in [-0.15, -0.1) is 10.2 Å². The molecule has 0 bridgehead atoms. The zero-order chi connectivity index (χ0) is 18.4. The van der Waals surface area contributed by atoms with E-state index in [1.165, 1.54) is 11.8 Å². The van der Waals surface area contributed by atoms with E-state index in [1.807, 2.05) is 48.5 Å². The summed E-state index contributed by atoms with van der Waals surface area (Å²) in [5, 5.41) is 12.3. The second kappa shape index (κ2) is 8.69. The van der Waals surface area contributed by atoms with E-state index in [-0.39, 0.29) is 11.7 Å². The molecule has 7 heteroatoms. The van der Waals surface area contributed by atoms with Gasteiger partial charge in [0.15, 0.2) is 0 Å². The Kier molecular flexibility index (Phi) is 6.09. The molecule has 2 aromatic carbocycles. The van der Waals surface area contributed by atoms with Crippen molar-refractivity contribution in [1.82, 2.24) is 10.2 Å². The fourth-order valence-electron chi connectivity index (χ4n) is 2.20. The normalized spacial score (nSPS) is 10.4. The van der Waals surface area contributed by atoms with E-state index in [4.69, 9.17) is 16.3 Å². The van der Waals surface area contributed by atoms with Gasteiger partial charge < -0.3 is 10.1 Å². The van der Waals surface area contributed by atoms with Crippen LogP contribution in [0.5, 0.6) is 5.75 Å². The zero-order valence-corrected chi connectivity index (χ0v) is 15.6. The minimum atomic E-state index is -0.149. The number of hydrogen-bond acceptors (Lipinski definition) is 5. The van der Waals surface area contributed by atoms with Crippen molar-refractivity contribution in [2.24, 2.45) is 0 Å². The Morgan fingerprint density at radius 2 is 1.85 bits per heavy atom. The van der Waals surface area contributed by atoms with Crippen molar-refractivity contribution in [3.63, 3.8) is 0 Å². The molecule has 1 amide bonds. The number of carbonyl (C=O) groups excluding carboxylic acids is 1. The second-order valence-corrected chi connectivity index (χ2v) is 6.70. The number of nitrogens with one attached hydrogen (secondary N) is 1. The lowest BCUT2D eigenvalue weighted by Gasteiger charge is -2.06. The fourth-order valence-corrected chi connectivity index (χ4v) is 3.00. The molecule has 0 spiro atoms. The van der Waals surface area contributed by atoms with E-state index in [1.54, 1.807) is 19.2 Å². The SMILES string of the molecule is COc1ccc(-c2ccc(SCC(=O)Nc3ccccc3Cl)nn2)cc1. The Hall–Kier alpha value is -2.57. The number of halogens is 1. The number of anilines is 1. The van der Waals surface area contributed by atoms with Gasteiger partial charge >= 0.3 is 0 Å². The number of aromatic nitrogens is 2. The maximum atomic E-state index is 12.0. The van der Waals surface area contributed by atoms with Crippen LogP contribution in [0.3, 0.4) is 0 Å². The molecule has 3 rings (SSSR count). The third-order valence-electron chi connectivity index (χ3n) is 3.52. The molecule has 0 aliphatic heterocycles. The lowest BCUT2D eigenvalue weighted by Crippen LogP contribution is -2.14. The van der Waals surface area contributed by atoms with E-state index in [9.17, 15) is 4.79 Å². The Bertz CT molecular complexity index is 886. The highest BCUT2D eigenvalue weighted by Gasteiger charge is 2.08. The number of benzene rings is 2. The van der Waals surface area contributed by atoms with Gasteiger partial charge in [0.1, 0.15) is 10.8 Å². The van der Waals surface area contributed by atoms with Crippen LogP contribution in [0.4, 0.5) is 5.69 Å². The van der Waals surface area contributed by atoms with E-state index in [0.717, 1.165) is 17.0 Å². The van der Waals surface area contributed by atoms with Crippen molar-refractivity contribution in [3.05, 3.63) is 65.7 Å². The first-order valence-electron chi connectivity index (χ1n) is 7.81. The van der Waals surface area contributed by atoms with Gasteiger partial charge in [-0.25, -0.2) is 0 Å². The van der Waals surface area contributed by atoms with E-state index in [2.05, 4.69) is 15.5 Å². The van der Waals surface area contributed by atoms with Gasteiger partial charge in [-0.2, -0.15) is 0 Å². The molecule has 0 saturated carbocycles. The smallest absolute Gasteiger partial charge is 0.234 e. The summed E-state index contributed by atoms with van der Waals surface area (Å²) in [6, 6.07) is 18.4. The molecule has 0 aliphatic rings. The third-order valence-corrected chi connectivity index (χ3v) is 4.77. The maximum Gasteiger partial charge on any atom is 0.234 e. The molecular weight excluding hydrogens is 370 g/mol. The van der Waals surface area contributed by atoms with Gasteiger partial charge in [0, 0.05) is 5.56 Å². The predicted molar refractivity (Wildman–Crippen MR) is 105 cm³/mol. The second-order valence-electron chi connectivity index (χ2n) is 5.30. The van der Waals surface area contributed by atoms with E-state index >= 15 is 0 Å². The topological polar surface area (TPSA) is 64.1 Å². The quantitative estimate of drug-likeness (QED) is 0.631. The minimum absolute atomic E-state index is 0.149. The minimum Gasteiger partial charge on any atom is -0.497 e. The van der Waals surface area contributed by atoms with E-state index in [0.29, 0.717) is 15.7 Å². The molecule has 0 fully saturated rings. The average molecular weight is 386 g/mol. The average Bonchev–Trinajstić information content (AvgIpc) is 2.69. The van der Waals surface area contributed by atoms with Crippen molar-refractivity contribution < 1.29 is 9.53 Å². The molecule has 0 saturated heterocycles. The highest BCUT2D eigenvalue weighted by atomic mass is 35.5. The Labute approximate surface area is 160 Å². The van der Waals surface area contributed by atoms with Gasteiger partial charge in [-0.1, -0.05) is 35.5 Å². The van der Waals surface area contributed by atoms with Crippen LogP contribution >= 0.6 is 23.4 Å². The molecule has 0 radical (unpaired) electrons. The van der Waals surface area contributed by atoms with Gasteiger partial charge in [0.25, 0.3) is 0 Å². The number of nitrogens with zero attached hydrogens (tertiary/aromatic N) is 2. The van der Waals surface area contributed by atoms with Crippen LogP contribution in [0.1, 0.15) is 0 Å². The number of ether oxygens (including phenoxy) is 1. The number of methoxy groups -OCH3 is 1. The Balaban J connectivity index is 1.57. The zero-order valence-electron chi connectivity index (χ0n) is 14.0. The standard InChI is InChI=1S/C19H16ClN3O2S/c1-25-14-8-6-13(7-9-14)16-10-11-19(23-22-16)26-12-18(24)21-17-5-3-2-4-15(17)20/h2-11H,12H2,1H3,(H,21,24).